The summed E-state index contributed by atoms with van der Waals surface area (Å²) < 4.78 is 11.1. The molecule has 3 aliphatic rings. The Morgan fingerprint density at radius 1 is 1.27 bits per heavy atom. The number of nitrogens with zero attached hydrogens (tertiary/aromatic N) is 1. The van der Waals surface area contributed by atoms with Gasteiger partial charge in [0, 0.05) is 48.0 Å². The number of dihydropyridines is 1. The van der Waals surface area contributed by atoms with Gasteiger partial charge in [-0.2, -0.15) is 0 Å². The largest absolute Gasteiger partial charge is 0.459 e. The van der Waals surface area contributed by atoms with Gasteiger partial charge in [-0.3, -0.25) is 14.9 Å². The van der Waals surface area contributed by atoms with Crippen molar-refractivity contribution >= 4 is 17.4 Å². The van der Waals surface area contributed by atoms with E-state index in [0.29, 0.717) is 35.4 Å². The number of hydrogen-bond donors (Lipinski definition) is 1. The van der Waals surface area contributed by atoms with Gasteiger partial charge in [0.25, 0.3) is 5.69 Å². The average molecular weight is 412 g/mol. The van der Waals surface area contributed by atoms with Gasteiger partial charge >= 0.3 is 5.97 Å². The van der Waals surface area contributed by atoms with E-state index in [0.717, 1.165) is 31.4 Å². The van der Waals surface area contributed by atoms with E-state index in [1.807, 2.05) is 0 Å². The SMILES string of the molecule is CC1=C(C(=O)OC[C@@H]2CCCO2)[C@@H](c2ccc([N+](=O)[O-])cc2)C2=C(CCCC2=O)N1. The molecule has 2 aliphatic heterocycles. The van der Waals surface area contributed by atoms with Crippen molar-refractivity contribution in [3.63, 3.8) is 0 Å². The summed E-state index contributed by atoms with van der Waals surface area (Å²) >= 11 is 0. The Bertz CT molecular complexity index is 941. The maximum absolute atomic E-state index is 13.1. The Hall–Kier alpha value is -3.00. The minimum atomic E-state index is -0.605. The Kier molecular flexibility index (Phi) is 5.67. The molecule has 8 nitrogen and oxygen atoms in total. The Labute approximate surface area is 174 Å². The summed E-state index contributed by atoms with van der Waals surface area (Å²) in [5.41, 5.74) is 3.01. The van der Waals surface area contributed by atoms with Crippen molar-refractivity contribution in [3.8, 4) is 0 Å². The van der Waals surface area contributed by atoms with Crippen LogP contribution in [0, 0.1) is 10.1 Å². The van der Waals surface area contributed by atoms with E-state index in [1.165, 1.54) is 12.1 Å². The first kappa shape index (κ1) is 20.3. The molecule has 2 heterocycles. The second-order valence-electron chi connectivity index (χ2n) is 7.85. The van der Waals surface area contributed by atoms with Crippen molar-refractivity contribution in [2.45, 2.75) is 51.0 Å². The number of nitrogens with one attached hydrogen (secondary N) is 1. The number of hydrogen-bond acceptors (Lipinski definition) is 7. The van der Waals surface area contributed by atoms with Crippen molar-refractivity contribution in [3.05, 3.63) is 62.5 Å². The normalized spacial score (nSPS) is 23.8. The summed E-state index contributed by atoms with van der Waals surface area (Å²) in [6.45, 7) is 2.63. The van der Waals surface area contributed by atoms with Crippen LogP contribution in [0.4, 0.5) is 5.69 Å². The van der Waals surface area contributed by atoms with Crippen molar-refractivity contribution in [1.82, 2.24) is 5.32 Å². The van der Waals surface area contributed by atoms with Crippen LogP contribution in [0.15, 0.2) is 46.8 Å². The third-order valence-electron chi connectivity index (χ3n) is 5.86. The second kappa shape index (κ2) is 8.39. The highest BCUT2D eigenvalue weighted by molar-refractivity contribution is 6.03. The van der Waals surface area contributed by atoms with E-state index in [9.17, 15) is 19.7 Å². The molecule has 0 radical (unpaired) electrons. The first-order chi connectivity index (χ1) is 14.5. The lowest BCUT2D eigenvalue weighted by Crippen LogP contribution is -2.35. The molecule has 2 atom stereocenters. The lowest BCUT2D eigenvalue weighted by atomic mass is 9.75. The summed E-state index contributed by atoms with van der Waals surface area (Å²) in [5.74, 6) is -1.11. The molecule has 1 aromatic rings. The average Bonchev–Trinajstić information content (AvgIpc) is 3.25. The number of rotatable bonds is 5. The molecule has 0 bridgehead atoms. The molecule has 0 unspecified atom stereocenters. The molecule has 0 spiro atoms. The molecule has 30 heavy (non-hydrogen) atoms. The van der Waals surface area contributed by atoms with Crippen molar-refractivity contribution in [2.75, 3.05) is 13.2 Å². The van der Waals surface area contributed by atoms with Gasteiger partial charge in [0.1, 0.15) is 6.61 Å². The predicted molar refractivity (Wildman–Crippen MR) is 107 cm³/mol. The molecule has 0 saturated carbocycles. The van der Waals surface area contributed by atoms with Crippen LogP contribution in [-0.4, -0.2) is 36.0 Å². The van der Waals surface area contributed by atoms with Crippen LogP contribution in [0.2, 0.25) is 0 Å². The van der Waals surface area contributed by atoms with Crippen LogP contribution in [0.5, 0.6) is 0 Å². The lowest BCUT2D eigenvalue weighted by Gasteiger charge is -2.34. The number of non-ortho nitro benzene ring substituents is 1. The Morgan fingerprint density at radius 3 is 2.70 bits per heavy atom. The van der Waals surface area contributed by atoms with E-state index >= 15 is 0 Å². The number of Topliss-reactive ketones (excluding diaryl/α,β-unsaturated/α-hetero) is 1. The molecule has 0 aromatic heterocycles. The Balaban J connectivity index is 1.69. The van der Waals surface area contributed by atoms with Gasteiger partial charge in [-0.1, -0.05) is 12.1 Å². The standard InChI is InChI=1S/C22H24N2O6/c1-13-19(22(26)30-12-16-4-3-11-29-16)20(14-7-9-15(10-8-14)24(27)28)21-17(23-13)5-2-6-18(21)25/h7-10,16,20,23H,2-6,11-12H2,1H3/t16-,20+/m0/s1. The number of esters is 1. The molecule has 1 aromatic carbocycles. The van der Waals surface area contributed by atoms with Crippen molar-refractivity contribution in [2.24, 2.45) is 0 Å². The number of ketones is 1. The molecule has 8 heteroatoms. The third-order valence-corrected chi connectivity index (χ3v) is 5.86. The molecule has 1 N–H and O–H groups in total. The third kappa shape index (κ3) is 3.87. The number of allylic oxidation sites excluding steroid dienone is 3. The minimum Gasteiger partial charge on any atom is -0.459 e. The smallest absolute Gasteiger partial charge is 0.336 e. The predicted octanol–water partition coefficient (Wildman–Crippen LogP) is 3.28. The molecular formula is C22H24N2O6. The lowest BCUT2D eigenvalue weighted by molar-refractivity contribution is -0.384. The molecule has 1 saturated heterocycles. The van der Waals surface area contributed by atoms with E-state index in [-0.39, 0.29) is 24.2 Å². The van der Waals surface area contributed by atoms with Gasteiger partial charge < -0.3 is 14.8 Å². The molecule has 4 rings (SSSR count). The maximum Gasteiger partial charge on any atom is 0.336 e. The topological polar surface area (TPSA) is 108 Å². The second-order valence-corrected chi connectivity index (χ2v) is 7.85. The minimum absolute atomic E-state index is 0.0102. The quantitative estimate of drug-likeness (QED) is 0.449. The first-order valence-electron chi connectivity index (χ1n) is 10.2. The monoisotopic (exact) mass is 412 g/mol. The fraction of sp³-hybridized carbons (Fsp3) is 0.455. The number of nitro groups is 1. The van der Waals surface area contributed by atoms with Crippen molar-refractivity contribution < 1.29 is 24.0 Å². The zero-order chi connectivity index (χ0) is 21.3. The van der Waals surface area contributed by atoms with E-state index in [2.05, 4.69) is 5.32 Å². The zero-order valence-corrected chi connectivity index (χ0v) is 16.8. The molecule has 158 valence electrons. The van der Waals surface area contributed by atoms with Crippen LogP contribution in [-0.2, 0) is 19.1 Å². The van der Waals surface area contributed by atoms with Crippen LogP contribution in [0.25, 0.3) is 0 Å². The van der Waals surface area contributed by atoms with E-state index < -0.39 is 16.8 Å². The zero-order valence-electron chi connectivity index (χ0n) is 16.8. The van der Waals surface area contributed by atoms with Crippen molar-refractivity contribution in [1.29, 1.82) is 0 Å². The van der Waals surface area contributed by atoms with Crippen LogP contribution < -0.4 is 5.32 Å². The van der Waals surface area contributed by atoms with Gasteiger partial charge in [0.05, 0.1) is 16.6 Å². The van der Waals surface area contributed by atoms with E-state index in [1.54, 1.807) is 19.1 Å². The summed E-state index contributed by atoms with van der Waals surface area (Å²) in [6.07, 6.45) is 3.59. The van der Waals surface area contributed by atoms with Crippen LogP contribution >= 0.6 is 0 Å². The number of carbonyl (C=O) groups is 2. The molecule has 1 aliphatic carbocycles. The Morgan fingerprint density at radius 2 is 2.03 bits per heavy atom. The fourth-order valence-electron chi connectivity index (χ4n) is 4.40. The number of carbonyl (C=O) groups excluding carboxylic acids is 2. The van der Waals surface area contributed by atoms with Gasteiger partial charge in [-0.25, -0.2) is 4.79 Å². The number of nitro benzene ring substituents is 1. The van der Waals surface area contributed by atoms with E-state index in [4.69, 9.17) is 9.47 Å². The van der Waals surface area contributed by atoms with Gasteiger partial charge in [0.2, 0.25) is 0 Å². The highest BCUT2D eigenvalue weighted by Crippen LogP contribution is 2.42. The van der Waals surface area contributed by atoms with Gasteiger partial charge in [-0.15, -0.1) is 0 Å². The van der Waals surface area contributed by atoms with Crippen LogP contribution in [0.3, 0.4) is 0 Å². The van der Waals surface area contributed by atoms with Gasteiger partial charge in [-0.05, 0) is 38.2 Å². The molecular weight excluding hydrogens is 388 g/mol. The summed E-state index contributed by atoms with van der Waals surface area (Å²) in [7, 11) is 0. The highest BCUT2D eigenvalue weighted by atomic mass is 16.6. The summed E-state index contributed by atoms with van der Waals surface area (Å²) in [4.78, 5) is 36.5. The first-order valence-corrected chi connectivity index (χ1v) is 10.2. The number of benzene rings is 1. The highest BCUT2D eigenvalue weighted by Gasteiger charge is 2.39. The molecule has 0 amide bonds. The van der Waals surface area contributed by atoms with Crippen LogP contribution in [0.1, 0.15) is 50.5 Å². The fourth-order valence-corrected chi connectivity index (χ4v) is 4.40. The summed E-state index contributed by atoms with van der Waals surface area (Å²) in [5, 5.41) is 14.3. The number of ether oxygens (including phenoxy) is 2. The molecule has 1 fully saturated rings. The maximum atomic E-state index is 13.1. The van der Waals surface area contributed by atoms with Gasteiger partial charge in [0.15, 0.2) is 5.78 Å². The summed E-state index contributed by atoms with van der Waals surface area (Å²) in [6, 6.07) is 6.02.